The lowest BCUT2D eigenvalue weighted by atomic mass is 9.94. The molecule has 0 aromatic heterocycles. The highest BCUT2D eigenvalue weighted by atomic mass is 16.5. The summed E-state index contributed by atoms with van der Waals surface area (Å²) in [4.78, 5) is 0. The largest absolute Gasteiger partial charge is 0.492 e. The first-order valence-corrected chi connectivity index (χ1v) is 4.57. The van der Waals surface area contributed by atoms with E-state index in [1.54, 1.807) is 0 Å². The van der Waals surface area contributed by atoms with Crippen molar-refractivity contribution < 1.29 is 4.74 Å². The summed E-state index contributed by atoms with van der Waals surface area (Å²) < 4.78 is 5.59. The van der Waals surface area contributed by atoms with E-state index in [0.717, 1.165) is 0 Å². The summed E-state index contributed by atoms with van der Waals surface area (Å²) in [5.74, 6) is 0.616. The van der Waals surface area contributed by atoms with Gasteiger partial charge in [0.25, 0.3) is 0 Å². The third kappa shape index (κ3) is 1.01. The van der Waals surface area contributed by atoms with Crippen LogP contribution in [0.3, 0.4) is 0 Å². The van der Waals surface area contributed by atoms with Crippen LogP contribution in [-0.4, -0.2) is 6.10 Å². The second-order valence-corrected chi connectivity index (χ2v) is 3.50. The summed E-state index contributed by atoms with van der Waals surface area (Å²) in [5.41, 5.74) is 2.63. The van der Waals surface area contributed by atoms with Crippen LogP contribution < -0.4 is 0 Å². The number of rotatable bonds is 2. The number of allylic oxidation sites excluding steroid dienone is 3. The molecule has 0 aromatic carbocycles. The number of hydrogen-bond acceptors (Lipinski definition) is 1. The lowest BCUT2D eigenvalue weighted by molar-refractivity contribution is 0.141. The first-order chi connectivity index (χ1) is 5.83. The quantitative estimate of drug-likeness (QED) is 0.606. The average molecular weight is 162 g/mol. The molecule has 0 bridgehead atoms. The Balaban J connectivity index is 2.16. The van der Waals surface area contributed by atoms with E-state index in [0.29, 0.717) is 12.0 Å². The molecular weight excluding hydrogens is 148 g/mol. The Morgan fingerprint density at radius 3 is 3.17 bits per heavy atom. The van der Waals surface area contributed by atoms with E-state index in [2.05, 4.69) is 32.1 Å². The molecule has 0 spiro atoms. The highest BCUT2D eigenvalue weighted by molar-refractivity contribution is 5.52. The summed E-state index contributed by atoms with van der Waals surface area (Å²) in [6, 6.07) is 0. The molecule has 1 heterocycles. The van der Waals surface area contributed by atoms with Gasteiger partial charge in [0.1, 0.15) is 6.10 Å². The molecule has 2 rings (SSSR count). The molecule has 2 atom stereocenters. The van der Waals surface area contributed by atoms with Crippen molar-refractivity contribution in [2.75, 3.05) is 0 Å². The van der Waals surface area contributed by atoms with E-state index in [1.807, 2.05) is 6.26 Å². The fraction of sp³-hybridized carbons (Fsp3) is 0.455. The predicted molar refractivity (Wildman–Crippen MR) is 49.6 cm³/mol. The Labute approximate surface area is 73.4 Å². The number of hydrogen-bond donors (Lipinski definition) is 0. The van der Waals surface area contributed by atoms with Crippen LogP contribution in [0.5, 0.6) is 0 Å². The van der Waals surface area contributed by atoms with Gasteiger partial charge in [0, 0.05) is 11.1 Å². The second-order valence-electron chi connectivity index (χ2n) is 3.50. The Morgan fingerprint density at radius 2 is 2.42 bits per heavy atom. The molecule has 1 aliphatic carbocycles. The van der Waals surface area contributed by atoms with Crippen molar-refractivity contribution in [2.24, 2.45) is 5.92 Å². The summed E-state index contributed by atoms with van der Waals surface area (Å²) >= 11 is 0. The Bertz CT molecular complexity index is 271. The molecule has 0 saturated heterocycles. The standard InChI is InChI=1S/C11H14O/c1-3-8(2)11-10-6-4-5-9(10)7-12-11/h4-8,11H,3H2,1-2H3. The molecular formula is C11H14O. The van der Waals surface area contributed by atoms with Gasteiger partial charge in [0.05, 0.1) is 6.26 Å². The Morgan fingerprint density at radius 1 is 1.58 bits per heavy atom. The van der Waals surface area contributed by atoms with E-state index < -0.39 is 0 Å². The minimum absolute atomic E-state index is 0.306. The van der Waals surface area contributed by atoms with Crippen molar-refractivity contribution in [3.63, 3.8) is 0 Å². The van der Waals surface area contributed by atoms with E-state index in [1.165, 1.54) is 17.6 Å². The maximum absolute atomic E-state index is 5.59. The Kier molecular flexibility index (Phi) is 1.80. The molecule has 1 aliphatic heterocycles. The van der Waals surface area contributed by atoms with Gasteiger partial charge < -0.3 is 4.74 Å². The lowest BCUT2D eigenvalue weighted by Gasteiger charge is -2.18. The van der Waals surface area contributed by atoms with Crippen LogP contribution in [0.25, 0.3) is 0 Å². The van der Waals surface area contributed by atoms with Crippen molar-refractivity contribution in [3.05, 3.63) is 35.6 Å². The van der Waals surface area contributed by atoms with Gasteiger partial charge in [-0.1, -0.05) is 32.1 Å². The smallest absolute Gasteiger partial charge is 0.126 e. The molecule has 0 amide bonds. The molecule has 0 fully saturated rings. The predicted octanol–water partition coefficient (Wildman–Crippen LogP) is 2.81. The molecule has 2 unspecified atom stereocenters. The molecule has 12 heavy (non-hydrogen) atoms. The SMILES string of the molecule is CCC(C)C1OC=C2C=CC=C21. The molecule has 1 heteroatoms. The van der Waals surface area contributed by atoms with Crippen LogP contribution in [0.2, 0.25) is 0 Å². The zero-order valence-corrected chi connectivity index (χ0v) is 7.58. The van der Waals surface area contributed by atoms with Gasteiger partial charge in [-0.15, -0.1) is 0 Å². The molecule has 0 aromatic rings. The molecule has 0 saturated carbocycles. The van der Waals surface area contributed by atoms with Crippen LogP contribution in [0.15, 0.2) is 35.6 Å². The monoisotopic (exact) mass is 162 g/mol. The van der Waals surface area contributed by atoms with Gasteiger partial charge in [0.2, 0.25) is 0 Å². The van der Waals surface area contributed by atoms with Crippen LogP contribution >= 0.6 is 0 Å². The van der Waals surface area contributed by atoms with Crippen molar-refractivity contribution in [2.45, 2.75) is 26.4 Å². The summed E-state index contributed by atoms with van der Waals surface area (Å²) in [7, 11) is 0. The van der Waals surface area contributed by atoms with E-state index in [9.17, 15) is 0 Å². The second kappa shape index (κ2) is 2.81. The maximum Gasteiger partial charge on any atom is 0.126 e. The maximum atomic E-state index is 5.59. The first kappa shape index (κ1) is 7.66. The minimum Gasteiger partial charge on any atom is -0.492 e. The van der Waals surface area contributed by atoms with Crippen LogP contribution in [0.4, 0.5) is 0 Å². The Hall–Kier alpha value is -0.980. The first-order valence-electron chi connectivity index (χ1n) is 4.57. The van der Waals surface area contributed by atoms with Crippen molar-refractivity contribution in [1.82, 2.24) is 0 Å². The lowest BCUT2D eigenvalue weighted by Crippen LogP contribution is -2.17. The zero-order chi connectivity index (χ0) is 8.55. The fourth-order valence-corrected chi connectivity index (χ4v) is 1.69. The van der Waals surface area contributed by atoms with Crippen LogP contribution in [0, 0.1) is 5.92 Å². The van der Waals surface area contributed by atoms with Gasteiger partial charge in [-0.05, 0) is 12.3 Å². The minimum atomic E-state index is 0.306. The zero-order valence-electron chi connectivity index (χ0n) is 7.58. The highest BCUT2D eigenvalue weighted by Crippen LogP contribution is 2.34. The fourth-order valence-electron chi connectivity index (χ4n) is 1.69. The van der Waals surface area contributed by atoms with Gasteiger partial charge in [-0.25, -0.2) is 0 Å². The van der Waals surface area contributed by atoms with Crippen molar-refractivity contribution in [3.8, 4) is 0 Å². The third-order valence-corrected chi connectivity index (χ3v) is 2.69. The number of fused-ring (bicyclic) bond motifs is 1. The summed E-state index contributed by atoms with van der Waals surface area (Å²) in [6.45, 7) is 4.44. The van der Waals surface area contributed by atoms with Gasteiger partial charge in [0.15, 0.2) is 0 Å². The molecule has 64 valence electrons. The average Bonchev–Trinajstić information content (AvgIpc) is 2.62. The normalized spacial score (nSPS) is 27.7. The van der Waals surface area contributed by atoms with Gasteiger partial charge in [-0.3, -0.25) is 0 Å². The number of ether oxygens (including phenoxy) is 1. The van der Waals surface area contributed by atoms with E-state index in [4.69, 9.17) is 4.74 Å². The van der Waals surface area contributed by atoms with Crippen molar-refractivity contribution >= 4 is 0 Å². The van der Waals surface area contributed by atoms with Gasteiger partial charge in [-0.2, -0.15) is 0 Å². The van der Waals surface area contributed by atoms with Gasteiger partial charge >= 0.3 is 0 Å². The third-order valence-electron chi connectivity index (χ3n) is 2.69. The molecule has 1 nitrogen and oxygen atoms in total. The molecule has 0 radical (unpaired) electrons. The van der Waals surface area contributed by atoms with E-state index >= 15 is 0 Å². The summed E-state index contributed by atoms with van der Waals surface area (Å²) in [6.07, 6.45) is 9.72. The highest BCUT2D eigenvalue weighted by Gasteiger charge is 2.28. The van der Waals surface area contributed by atoms with Crippen LogP contribution in [0.1, 0.15) is 20.3 Å². The topological polar surface area (TPSA) is 9.23 Å². The van der Waals surface area contributed by atoms with E-state index in [-0.39, 0.29) is 0 Å². The molecule has 0 N–H and O–H groups in total. The molecule has 2 aliphatic rings. The van der Waals surface area contributed by atoms with Crippen molar-refractivity contribution in [1.29, 1.82) is 0 Å². The van der Waals surface area contributed by atoms with Crippen LogP contribution in [-0.2, 0) is 4.74 Å². The summed E-state index contributed by atoms with van der Waals surface area (Å²) in [5, 5.41) is 0.